The summed E-state index contributed by atoms with van der Waals surface area (Å²) in [5, 5.41) is 3.28. The van der Waals surface area contributed by atoms with E-state index in [9.17, 15) is 4.79 Å². The summed E-state index contributed by atoms with van der Waals surface area (Å²) >= 11 is 0. The van der Waals surface area contributed by atoms with Gasteiger partial charge in [0.15, 0.2) is 6.61 Å². The van der Waals surface area contributed by atoms with E-state index in [0.717, 1.165) is 18.1 Å². The normalized spacial score (nSPS) is 10.2. The number of rotatable bonds is 7. The van der Waals surface area contributed by atoms with Crippen LogP contribution in [-0.4, -0.2) is 22.1 Å². The number of hydrogen-bond acceptors (Lipinski definition) is 4. The number of anilines is 1. The molecule has 0 spiro atoms. The van der Waals surface area contributed by atoms with E-state index in [-0.39, 0.29) is 6.61 Å². The van der Waals surface area contributed by atoms with E-state index in [0.29, 0.717) is 12.3 Å². The molecule has 1 aromatic carbocycles. The number of benzene rings is 1. The van der Waals surface area contributed by atoms with E-state index in [1.165, 1.54) is 0 Å². The molecule has 1 aromatic heterocycles. The van der Waals surface area contributed by atoms with Crippen LogP contribution in [0.4, 0.5) is 5.69 Å². The van der Waals surface area contributed by atoms with E-state index >= 15 is 0 Å². The molecule has 6 nitrogen and oxygen atoms in total. The van der Waals surface area contributed by atoms with E-state index in [1.807, 2.05) is 18.3 Å². The monoisotopic (exact) mass is 274 g/mol. The van der Waals surface area contributed by atoms with Gasteiger partial charge in [0.05, 0.1) is 6.54 Å². The Balaban J connectivity index is 1.89. The highest BCUT2D eigenvalue weighted by atomic mass is 16.5. The van der Waals surface area contributed by atoms with Gasteiger partial charge in [-0.3, -0.25) is 4.79 Å². The standard InChI is InChI=1S/C14H18N4O2/c1-2-18-8-7-16-14(18)9-17-11-3-5-12(6-4-11)20-10-13(15)19/h3-8,17H,2,9-10H2,1H3,(H2,15,19). The molecule has 0 aliphatic heterocycles. The first-order valence-corrected chi connectivity index (χ1v) is 6.44. The maximum atomic E-state index is 10.6. The zero-order valence-electron chi connectivity index (χ0n) is 11.4. The van der Waals surface area contributed by atoms with Crippen LogP contribution in [0, 0.1) is 0 Å². The van der Waals surface area contributed by atoms with Crippen LogP contribution in [0.1, 0.15) is 12.7 Å². The van der Waals surface area contributed by atoms with E-state index in [2.05, 4.69) is 21.8 Å². The molecule has 0 aliphatic carbocycles. The minimum atomic E-state index is -0.487. The van der Waals surface area contributed by atoms with Crippen molar-refractivity contribution in [3.63, 3.8) is 0 Å². The van der Waals surface area contributed by atoms with E-state index in [4.69, 9.17) is 10.5 Å². The summed E-state index contributed by atoms with van der Waals surface area (Å²) in [5.74, 6) is 1.12. The van der Waals surface area contributed by atoms with Gasteiger partial charge in [0.1, 0.15) is 11.6 Å². The molecule has 1 amide bonds. The van der Waals surface area contributed by atoms with Gasteiger partial charge < -0.3 is 20.4 Å². The van der Waals surface area contributed by atoms with Crippen molar-refractivity contribution in [2.75, 3.05) is 11.9 Å². The zero-order valence-corrected chi connectivity index (χ0v) is 11.4. The Morgan fingerprint density at radius 2 is 2.15 bits per heavy atom. The molecule has 106 valence electrons. The lowest BCUT2D eigenvalue weighted by Crippen LogP contribution is -2.19. The highest BCUT2D eigenvalue weighted by molar-refractivity contribution is 5.75. The molecule has 0 unspecified atom stereocenters. The lowest BCUT2D eigenvalue weighted by Gasteiger charge is -2.09. The maximum absolute atomic E-state index is 10.6. The molecule has 3 N–H and O–H groups in total. The minimum absolute atomic E-state index is 0.110. The first kappa shape index (κ1) is 13.9. The highest BCUT2D eigenvalue weighted by Gasteiger charge is 2.01. The molecular weight excluding hydrogens is 256 g/mol. The number of primary amides is 1. The van der Waals surface area contributed by atoms with Gasteiger partial charge in [-0.05, 0) is 31.2 Å². The predicted molar refractivity (Wildman–Crippen MR) is 76.4 cm³/mol. The van der Waals surface area contributed by atoms with E-state index < -0.39 is 5.91 Å². The van der Waals surface area contributed by atoms with Crippen LogP contribution >= 0.6 is 0 Å². The van der Waals surface area contributed by atoms with Crippen LogP contribution in [0.2, 0.25) is 0 Å². The quantitative estimate of drug-likeness (QED) is 0.799. The van der Waals surface area contributed by atoms with Gasteiger partial charge in [-0.25, -0.2) is 4.98 Å². The van der Waals surface area contributed by atoms with Crippen LogP contribution < -0.4 is 15.8 Å². The molecule has 2 aromatic rings. The second kappa shape index (κ2) is 6.60. The topological polar surface area (TPSA) is 82.2 Å². The Hall–Kier alpha value is -2.50. The summed E-state index contributed by atoms with van der Waals surface area (Å²) in [6.07, 6.45) is 3.75. The Kier molecular flexibility index (Phi) is 4.60. The van der Waals surface area contributed by atoms with Gasteiger partial charge in [-0.1, -0.05) is 0 Å². The molecule has 0 fully saturated rings. The van der Waals surface area contributed by atoms with Gasteiger partial charge in [-0.2, -0.15) is 0 Å². The number of nitrogens with two attached hydrogens (primary N) is 1. The van der Waals surface area contributed by atoms with Crippen molar-refractivity contribution < 1.29 is 9.53 Å². The fourth-order valence-electron chi connectivity index (χ4n) is 1.80. The molecule has 0 radical (unpaired) electrons. The molecule has 2 rings (SSSR count). The van der Waals surface area contributed by atoms with Crippen molar-refractivity contribution in [1.82, 2.24) is 9.55 Å². The fourth-order valence-corrected chi connectivity index (χ4v) is 1.80. The van der Waals surface area contributed by atoms with Crippen LogP contribution in [0.15, 0.2) is 36.7 Å². The summed E-state index contributed by atoms with van der Waals surface area (Å²) in [4.78, 5) is 14.9. The average molecular weight is 274 g/mol. The first-order chi connectivity index (χ1) is 9.69. The predicted octanol–water partition coefficient (Wildman–Crippen LogP) is 1.38. The van der Waals surface area contributed by atoms with Gasteiger partial charge in [0, 0.05) is 24.6 Å². The summed E-state index contributed by atoms with van der Waals surface area (Å²) in [7, 11) is 0. The molecule has 1 heterocycles. The van der Waals surface area contributed by atoms with Gasteiger partial charge in [0.2, 0.25) is 0 Å². The molecule has 0 saturated heterocycles. The van der Waals surface area contributed by atoms with E-state index in [1.54, 1.807) is 18.3 Å². The summed E-state index contributed by atoms with van der Waals surface area (Å²) in [6, 6.07) is 7.35. The summed E-state index contributed by atoms with van der Waals surface area (Å²) in [5.41, 5.74) is 5.97. The third-order valence-electron chi connectivity index (χ3n) is 2.83. The lowest BCUT2D eigenvalue weighted by atomic mass is 10.3. The van der Waals surface area contributed by atoms with Gasteiger partial charge >= 0.3 is 0 Å². The van der Waals surface area contributed by atoms with Gasteiger partial charge in [0.25, 0.3) is 5.91 Å². The average Bonchev–Trinajstić information content (AvgIpc) is 2.91. The Morgan fingerprint density at radius 3 is 2.80 bits per heavy atom. The molecule has 0 saturated carbocycles. The van der Waals surface area contributed by atoms with Crippen LogP contribution in [-0.2, 0) is 17.9 Å². The molecule has 20 heavy (non-hydrogen) atoms. The van der Waals surface area contributed by atoms with Crippen LogP contribution in [0.5, 0.6) is 5.75 Å². The summed E-state index contributed by atoms with van der Waals surface area (Å²) < 4.78 is 7.27. The number of carbonyl (C=O) groups is 1. The number of nitrogens with one attached hydrogen (secondary N) is 1. The third-order valence-corrected chi connectivity index (χ3v) is 2.83. The smallest absolute Gasteiger partial charge is 0.255 e. The minimum Gasteiger partial charge on any atom is -0.484 e. The van der Waals surface area contributed by atoms with Crippen molar-refractivity contribution in [3.8, 4) is 5.75 Å². The molecule has 0 aliphatic rings. The van der Waals surface area contributed by atoms with Crippen LogP contribution in [0.3, 0.4) is 0 Å². The lowest BCUT2D eigenvalue weighted by molar-refractivity contribution is -0.119. The SMILES string of the molecule is CCn1ccnc1CNc1ccc(OCC(N)=O)cc1. The number of aryl methyl sites for hydroxylation is 1. The fraction of sp³-hybridized carbons (Fsp3) is 0.286. The largest absolute Gasteiger partial charge is 0.484 e. The van der Waals surface area contributed by atoms with Crippen molar-refractivity contribution >= 4 is 11.6 Å². The molecule has 0 bridgehead atoms. The van der Waals surface area contributed by atoms with Gasteiger partial charge in [-0.15, -0.1) is 0 Å². The second-order valence-electron chi connectivity index (χ2n) is 4.26. The Bertz CT molecular complexity index is 563. The van der Waals surface area contributed by atoms with Crippen molar-refractivity contribution in [2.24, 2.45) is 5.73 Å². The highest BCUT2D eigenvalue weighted by Crippen LogP contribution is 2.16. The van der Waals surface area contributed by atoms with Crippen LogP contribution in [0.25, 0.3) is 0 Å². The number of imidazole rings is 1. The zero-order chi connectivity index (χ0) is 14.4. The summed E-state index contributed by atoms with van der Waals surface area (Å²) in [6.45, 7) is 3.52. The number of ether oxygens (including phenoxy) is 1. The first-order valence-electron chi connectivity index (χ1n) is 6.44. The molecule has 6 heteroatoms. The third kappa shape index (κ3) is 3.74. The maximum Gasteiger partial charge on any atom is 0.255 e. The number of hydrogen-bond donors (Lipinski definition) is 2. The number of amides is 1. The van der Waals surface area contributed by atoms with Crippen molar-refractivity contribution in [3.05, 3.63) is 42.5 Å². The number of carbonyl (C=O) groups excluding carboxylic acids is 1. The molecular formula is C14H18N4O2. The van der Waals surface area contributed by atoms with Crippen molar-refractivity contribution in [1.29, 1.82) is 0 Å². The Labute approximate surface area is 117 Å². The Morgan fingerprint density at radius 1 is 1.40 bits per heavy atom. The second-order valence-corrected chi connectivity index (χ2v) is 4.26. The molecule has 0 atom stereocenters. The van der Waals surface area contributed by atoms with Crippen molar-refractivity contribution in [2.45, 2.75) is 20.0 Å². The number of aromatic nitrogens is 2. The number of nitrogens with zero attached hydrogens (tertiary/aromatic N) is 2.